The van der Waals surface area contributed by atoms with Gasteiger partial charge in [-0.15, -0.1) is 6.58 Å². The molecule has 1 aromatic rings. The van der Waals surface area contributed by atoms with E-state index in [1.54, 1.807) is 0 Å². The normalized spacial score (nSPS) is 32.6. The number of nitrogens with zero attached hydrogens (tertiary/aromatic N) is 1. The van der Waals surface area contributed by atoms with E-state index in [-0.39, 0.29) is 11.6 Å². The highest BCUT2D eigenvalue weighted by molar-refractivity contribution is 5.26. The highest BCUT2D eigenvalue weighted by Crippen LogP contribution is 2.49. The van der Waals surface area contributed by atoms with Crippen molar-refractivity contribution in [2.75, 3.05) is 6.54 Å². The highest BCUT2D eigenvalue weighted by atomic mass is 16.5. The molecule has 0 radical (unpaired) electrons. The summed E-state index contributed by atoms with van der Waals surface area (Å²) in [5.74, 6) is 1.15. The van der Waals surface area contributed by atoms with Gasteiger partial charge in [0.2, 0.25) is 0 Å². The molecule has 0 amide bonds. The van der Waals surface area contributed by atoms with E-state index in [1.807, 2.05) is 43.3 Å². The number of aliphatic hydroxyl groups is 1. The fraction of sp³-hybridized carbons (Fsp3) is 0.600. The van der Waals surface area contributed by atoms with Gasteiger partial charge in [0.15, 0.2) is 0 Å². The van der Waals surface area contributed by atoms with Crippen LogP contribution in [0.15, 0.2) is 55.1 Å². The van der Waals surface area contributed by atoms with E-state index in [0.29, 0.717) is 18.3 Å². The van der Waals surface area contributed by atoms with Crippen LogP contribution in [0.1, 0.15) is 58.9 Å². The molecule has 3 rings (SSSR count). The molecule has 1 N–H and O–H groups in total. The average molecular weight is 384 g/mol. The van der Waals surface area contributed by atoms with E-state index in [1.165, 1.54) is 12.8 Å². The van der Waals surface area contributed by atoms with Gasteiger partial charge in [-0.3, -0.25) is 4.90 Å². The summed E-state index contributed by atoms with van der Waals surface area (Å²) >= 11 is 0. The second-order valence-electron chi connectivity index (χ2n) is 9.21. The lowest BCUT2D eigenvalue weighted by atomic mass is 9.68. The van der Waals surface area contributed by atoms with Gasteiger partial charge in [-0.05, 0) is 45.1 Å². The van der Waals surface area contributed by atoms with Gasteiger partial charge in [-0.1, -0.05) is 61.9 Å². The zero-order valence-corrected chi connectivity index (χ0v) is 18.0. The van der Waals surface area contributed by atoms with Gasteiger partial charge in [0, 0.05) is 24.4 Å². The molecule has 1 aromatic carbocycles. The maximum atomic E-state index is 12.0. The molecule has 2 aliphatic rings. The third-order valence-corrected chi connectivity index (χ3v) is 6.96. The summed E-state index contributed by atoms with van der Waals surface area (Å²) in [5.41, 5.74) is -0.298. The van der Waals surface area contributed by atoms with E-state index in [0.717, 1.165) is 18.5 Å². The van der Waals surface area contributed by atoms with Crippen LogP contribution >= 0.6 is 0 Å². The van der Waals surface area contributed by atoms with Crippen LogP contribution in [-0.4, -0.2) is 34.4 Å². The van der Waals surface area contributed by atoms with Crippen LogP contribution in [0.2, 0.25) is 0 Å². The van der Waals surface area contributed by atoms with Crippen molar-refractivity contribution in [3.05, 3.63) is 60.7 Å². The first kappa shape index (κ1) is 21.3. The highest BCUT2D eigenvalue weighted by Gasteiger charge is 2.55. The molecule has 1 saturated carbocycles. The third kappa shape index (κ3) is 3.85. The molecule has 1 aliphatic carbocycles. The second-order valence-corrected chi connectivity index (χ2v) is 9.21. The summed E-state index contributed by atoms with van der Waals surface area (Å²) in [4.78, 5) is 2.38. The van der Waals surface area contributed by atoms with Crippen LogP contribution in [-0.2, 0) is 10.3 Å². The zero-order valence-electron chi connectivity index (χ0n) is 18.0. The van der Waals surface area contributed by atoms with Crippen molar-refractivity contribution in [2.24, 2.45) is 11.8 Å². The third-order valence-electron chi connectivity index (χ3n) is 6.96. The molecule has 154 valence electrons. The molecule has 1 aliphatic heterocycles. The van der Waals surface area contributed by atoms with Gasteiger partial charge < -0.3 is 9.84 Å². The van der Waals surface area contributed by atoms with E-state index < -0.39 is 11.8 Å². The minimum Gasteiger partial charge on any atom is -0.381 e. The first-order chi connectivity index (χ1) is 13.3. The largest absolute Gasteiger partial charge is 0.381 e. The fourth-order valence-corrected chi connectivity index (χ4v) is 5.27. The number of rotatable bonds is 6. The Morgan fingerprint density at radius 3 is 2.64 bits per heavy atom. The molecule has 0 aromatic heterocycles. The monoisotopic (exact) mass is 383 g/mol. The maximum absolute atomic E-state index is 12.0. The maximum Gasteiger partial charge on any atom is 0.145 e. The molecule has 1 heterocycles. The predicted octanol–water partition coefficient (Wildman–Crippen LogP) is 5.27. The van der Waals surface area contributed by atoms with E-state index in [4.69, 9.17) is 4.74 Å². The van der Waals surface area contributed by atoms with Crippen molar-refractivity contribution in [1.29, 1.82) is 0 Å². The van der Waals surface area contributed by atoms with Crippen molar-refractivity contribution in [1.82, 2.24) is 4.90 Å². The number of hydrogen-bond acceptors (Lipinski definition) is 3. The molecule has 0 unspecified atom stereocenters. The lowest BCUT2D eigenvalue weighted by Crippen LogP contribution is -2.69. The Bertz CT molecular complexity index is 683. The topological polar surface area (TPSA) is 32.7 Å². The molecule has 1 saturated heterocycles. The Morgan fingerprint density at radius 1 is 1.29 bits per heavy atom. The van der Waals surface area contributed by atoms with Crippen LogP contribution in [0.3, 0.4) is 0 Å². The number of benzene rings is 1. The van der Waals surface area contributed by atoms with Gasteiger partial charge in [0.1, 0.15) is 11.8 Å². The summed E-state index contributed by atoms with van der Waals surface area (Å²) in [6.07, 6.45) is 9.80. The Hall–Kier alpha value is -1.42. The van der Waals surface area contributed by atoms with Crippen LogP contribution < -0.4 is 0 Å². The van der Waals surface area contributed by atoms with Crippen molar-refractivity contribution in [3.8, 4) is 0 Å². The smallest absolute Gasteiger partial charge is 0.145 e. The lowest BCUT2D eigenvalue weighted by molar-refractivity contribution is -0.287. The Morgan fingerprint density at radius 2 is 2.00 bits per heavy atom. The molecule has 2 fully saturated rings. The van der Waals surface area contributed by atoms with Crippen LogP contribution in [0.5, 0.6) is 0 Å². The molecule has 5 atom stereocenters. The minimum absolute atomic E-state index is 0.0584. The summed E-state index contributed by atoms with van der Waals surface area (Å²) in [5, 5.41) is 12.0. The Balaban J connectivity index is 2.06. The van der Waals surface area contributed by atoms with Crippen molar-refractivity contribution < 1.29 is 9.84 Å². The van der Waals surface area contributed by atoms with E-state index >= 15 is 0 Å². The standard InChI is InChI=1S/C25H37NO2/c1-6-8-17-26-23(25(27,16-7-2)20-12-10-9-11-13-20)28-22-18-19(3)14-15-21(22)24(26,4)5/h6-13,19,21-23,27H,2,14-18H2,1,3-5H3/b8-6+/t19-,21-,22-,23+,25+/m1/s1. The van der Waals surface area contributed by atoms with Crippen LogP contribution in [0, 0.1) is 11.8 Å². The molecule has 0 bridgehead atoms. The van der Waals surface area contributed by atoms with Crippen LogP contribution in [0.25, 0.3) is 0 Å². The van der Waals surface area contributed by atoms with Gasteiger partial charge in [-0.2, -0.15) is 0 Å². The molecular weight excluding hydrogens is 346 g/mol. The summed E-state index contributed by atoms with van der Waals surface area (Å²) in [7, 11) is 0. The summed E-state index contributed by atoms with van der Waals surface area (Å²) in [6, 6.07) is 9.96. The quantitative estimate of drug-likeness (QED) is 0.680. The zero-order chi connectivity index (χ0) is 20.4. The van der Waals surface area contributed by atoms with Gasteiger partial charge >= 0.3 is 0 Å². The first-order valence-electron chi connectivity index (χ1n) is 10.8. The molecule has 3 heteroatoms. The number of ether oxygens (including phenoxy) is 1. The second kappa shape index (κ2) is 8.52. The summed E-state index contributed by atoms with van der Waals surface area (Å²) in [6.45, 7) is 13.7. The Kier molecular flexibility index (Phi) is 6.48. The van der Waals surface area contributed by atoms with E-state index in [9.17, 15) is 5.11 Å². The first-order valence-corrected chi connectivity index (χ1v) is 10.8. The SMILES string of the molecule is C=CC[C@](O)(c1ccccc1)[C@@H]1O[C@@H]2C[C@H](C)CC[C@H]2C(C)(C)N1C/C=C/C. The lowest BCUT2D eigenvalue weighted by Gasteiger charge is -2.60. The predicted molar refractivity (Wildman–Crippen MR) is 116 cm³/mol. The van der Waals surface area contributed by atoms with Gasteiger partial charge in [-0.25, -0.2) is 0 Å². The molecule has 0 spiro atoms. The van der Waals surface area contributed by atoms with Gasteiger partial charge in [0.05, 0.1) is 6.10 Å². The van der Waals surface area contributed by atoms with Crippen molar-refractivity contribution in [2.45, 2.75) is 76.9 Å². The average Bonchev–Trinajstić information content (AvgIpc) is 2.67. The minimum atomic E-state index is -1.13. The number of hydrogen-bond donors (Lipinski definition) is 1. The molecule has 28 heavy (non-hydrogen) atoms. The Labute approximate surface area is 171 Å². The number of allylic oxidation sites excluding steroid dienone is 1. The van der Waals surface area contributed by atoms with Crippen molar-refractivity contribution in [3.63, 3.8) is 0 Å². The van der Waals surface area contributed by atoms with Crippen molar-refractivity contribution >= 4 is 0 Å². The number of fused-ring (bicyclic) bond motifs is 1. The van der Waals surface area contributed by atoms with Crippen LogP contribution in [0.4, 0.5) is 0 Å². The molecular formula is C25H37NO2. The van der Waals surface area contributed by atoms with E-state index in [2.05, 4.69) is 44.4 Å². The fourth-order valence-electron chi connectivity index (χ4n) is 5.27. The van der Waals surface area contributed by atoms with Gasteiger partial charge in [0.25, 0.3) is 0 Å². The summed E-state index contributed by atoms with van der Waals surface area (Å²) < 4.78 is 6.77. The molecule has 3 nitrogen and oxygen atoms in total.